The minimum absolute atomic E-state index is 0.0443. The van der Waals surface area contributed by atoms with Crippen molar-refractivity contribution in [2.75, 3.05) is 12.9 Å². The predicted octanol–water partition coefficient (Wildman–Crippen LogP) is 2.78. The minimum Gasteiger partial charge on any atom is -0.496 e. The van der Waals surface area contributed by atoms with Crippen LogP contribution in [-0.4, -0.2) is 39.0 Å². The summed E-state index contributed by atoms with van der Waals surface area (Å²) >= 11 is 1.47. The van der Waals surface area contributed by atoms with Gasteiger partial charge in [-0.05, 0) is 35.5 Å². The van der Waals surface area contributed by atoms with Gasteiger partial charge in [-0.1, -0.05) is 36.4 Å². The third-order valence-electron chi connectivity index (χ3n) is 3.98. The van der Waals surface area contributed by atoms with Crippen molar-refractivity contribution in [2.45, 2.75) is 18.7 Å². The van der Waals surface area contributed by atoms with Gasteiger partial charge in [0.2, 0.25) is 5.91 Å². The summed E-state index contributed by atoms with van der Waals surface area (Å²) in [5, 5.41) is 14.8. The molecule has 0 aliphatic carbocycles. The highest BCUT2D eigenvalue weighted by atomic mass is 32.2. The maximum Gasteiger partial charge on any atom is 0.230 e. The molecule has 1 atom stereocenters. The quantitative estimate of drug-likeness (QED) is 0.644. The Bertz CT molecular complexity index is 885. The second kappa shape index (κ2) is 9.18. The molecule has 3 rings (SSSR count). The van der Waals surface area contributed by atoms with Gasteiger partial charge in [0.25, 0.3) is 0 Å². The Morgan fingerprint density at radius 1 is 1.19 bits per heavy atom. The zero-order valence-electron chi connectivity index (χ0n) is 15.2. The molecule has 140 valence electrons. The van der Waals surface area contributed by atoms with E-state index in [1.165, 1.54) is 11.8 Å². The van der Waals surface area contributed by atoms with Crippen LogP contribution in [0, 0.1) is 0 Å². The Balaban J connectivity index is 1.53. The van der Waals surface area contributed by atoms with E-state index in [2.05, 4.69) is 20.8 Å². The van der Waals surface area contributed by atoms with Crippen LogP contribution < -0.4 is 10.1 Å². The first-order valence-electron chi connectivity index (χ1n) is 8.51. The second-order valence-corrected chi connectivity index (χ2v) is 6.85. The molecule has 1 unspecified atom stereocenters. The number of para-hydroxylation sites is 2. The standard InChI is InChI=1S/C19H21N5O2S/c1-14(16-10-6-7-11-17(16)26-2)20-19(25)13-27-12-18-21-22-23-24(18)15-8-4-3-5-9-15/h3-11,14H,12-13H2,1-2H3,(H,20,25). The fourth-order valence-corrected chi connectivity index (χ4v) is 3.42. The van der Waals surface area contributed by atoms with Crippen molar-refractivity contribution < 1.29 is 9.53 Å². The number of methoxy groups -OCH3 is 1. The summed E-state index contributed by atoms with van der Waals surface area (Å²) in [6.45, 7) is 1.94. The third kappa shape index (κ3) is 4.85. The zero-order valence-corrected chi connectivity index (χ0v) is 16.0. The van der Waals surface area contributed by atoms with Crippen molar-refractivity contribution in [3.8, 4) is 11.4 Å². The first-order chi connectivity index (χ1) is 13.2. The van der Waals surface area contributed by atoms with Crippen molar-refractivity contribution in [2.24, 2.45) is 0 Å². The summed E-state index contributed by atoms with van der Waals surface area (Å²) in [5.74, 6) is 2.29. The molecular weight excluding hydrogens is 362 g/mol. The van der Waals surface area contributed by atoms with Crippen LogP contribution in [0.25, 0.3) is 5.69 Å². The number of benzene rings is 2. The molecule has 1 N–H and O–H groups in total. The molecule has 2 aromatic carbocycles. The number of ether oxygens (including phenoxy) is 1. The Kier molecular flexibility index (Phi) is 6.43. The maximum absolute atomic E-state index is 12.3. The molecule has 1 amide bonds. The van der Waals surface area contributed by atoms with Crippen LogP contribution in [-0.2, 0) is 10.5 Å². The molecule has 0 saturated heterocycles. The van der Waals surface area contributed by atoms with Crippen LogP contribution in [0.4, 0.5) is 0 Å². The fourth-order valence-electron chi connectivity index (χ4n) is 2.69. The Morgan fingerprint density at radius 2 is 1.93 bits per heavy atom. The van der Waals surface area contributed by atoms with Crippen LogP contribution in [0.1, 0.15) is 24.4 Å². The molecule has 1 heterocycles. The lowest BCUT2D eigenvalue weighted by Gasteiger charge is -2.17. The van der Waals surface area contributed by atoms with E-state index in [0.717, 1.165) is 17.0 Å². The number of tetrazole rings is 1. The number of nitrogens with zero attached hydrogens (tertiary/aromatic N) is 4. The average molecular weight is 383 g/mol. The molecule has 0 aliphatic rings. The molecule has 3 aromatic rings. The predicted molar refractivity (Wildman–Crippen MR) is 105 cm³/mol. The number of rotatable bonds is 8. The van der Waals surface area contributed by atoms with Gasteiger partial charge in [-0.25, -0.2) is 0 Å². The number of aromatic nitrogens is 4. The molecule has 0 aliphatic heterocycles. The SMILES string of the molecule is COc1ccccc1C(C)NC(=O)CSCc1nnnn1-c1ccccc1. The summed E-state index contributed by atoms with van der Waals surface area (Å²) in [6, 6.07) is 17.2. The lowest BCUT2D eigenvalue weighted by Crippen LogP contribution is -2.28. The zero-order chi connectivity index (χ0) is 19.1. The van der Waals surface area contributed by atoms with Crippen LogP contribution >= 0.6 is 11.8 Å². The summed E-state index contributed by atoms with van der Waals surface area (Å²) in [7, 11) is 1.63. The van der Waals surface area contributed by atoms with E-state index in [4.69, 9.17) is 4.74 Å². The number of nitrogens with one attached hydrogen (secondary N) is 1. The van der Waals surface area contributed by atoms with Crippen LogP contribution in [0.3, 0.4) is 0 Å². The highest BCUT2D eigenvalue weighted by Crippen LogP contribution is 2.24. The molecule has 8 heteroatoms. The van der Waals surface area contributed by atoms with Crippen LogP contribution in [0.15, 0.2) is 54.6 Å². The summed E-state index contributed by atoms with van der Waals surface area (Å²) in [5.41, 5.74) is 1.85. The lowest BCUT2D eigenvalue weighted by molar-refractivity contribution is -0.119. The Labute approximate surface area is 162 Å². The number of amides is 1. The fraction of sp³-hybridized carbons (Fsp3) is 0.263. The molecule has 0 spiro atoms. The number of hydrogen-bond donors (Lipinski definition) is 1. The largest absolute Gasteiger partial charge is 0.496 e. The van der Waals surface area contributed by atoms with E-state index >= 15 is 0 Å². The Hall–Kier alpha value is -2.87. The van der Waals surface area contributed by atoms with Crippen LogP contribution in [0.5, 0.6) is 5.75 Å². The molecule has 0 radical (unpaired) electrons. The molecule has 7 nitrogen and oxygen atoms in total. The van der Waals surface area contributed by atoms with Gasteiger partial charge < -0.3 is 10.1 Å². The summed E-state index contributed by atoms with van der Waals surface area (Å²) in [6.07, 6.45) is 0. The number of hydrogen-bond acceptors (Lipinski definition) is 6. The smallest absolute Gasteiger partial charge is 0.230 e. The lowest BCUT2D eigenvalue weighted by atomic mass is 10.1. The Morgan fingerprint density at radius 3 is 2.70 bits per heavy atom. The van der Waals surface area contributed by atoms with Crippen molar-refractivity contribution >= 4 is 17.7 Å². The maximum atomic E-state index is 12.3. The normalized spacial score (nSPS) is 11.8. The summed E-state index contributed by atoms with van der Waals surface area (Å²) in [4.78, 5) is 12.3. The monoisotopic (exact) mass is 383 g/mol. The first kappa shape index (κ1) is 18.9. The van der Waals surface area contributed by atoms with E-state index in [-0.39, 0.29) is 11.9 Å². The van der Waals surface area contributed by atoms with E-state index in [1.54, 1.807) is 11.8 Å². The molecular formula is C19H21N5O2S. The van der Waals surface area contributed by atoms with Gasteiger partial charge in [0.15, 0.2) is 5.82 Å². The highest BCUT2D eigenvalue weighted by molar-refractivity contribution is 7.99. The molecule has 27 heavy (non-hydrogen) atoms. The molecule has 0 bridgehead atoms. The van der Waals surface area contributed by atoms with Gasteiger partial charge in [-0.3, -0.25) is 4.79 Å². The van der Waals surface area contributed by atoms with Gasteiger partial charge >= 0.3 is 0 Å². The molecule has 0 saturated carbocycles. The van der Waals surface area contributed by atoms with Crippen molar-refractivity contribution in [1.82, 2.24) is 25.5 Å². The highest BCUT2D eigenvalue weighted by Gasteiger charge is 2.14. The van der Waals surface area contributed by atoms with Gasteiger partial charge in [0, 0.05) is 5.56 Å². The number of carbonyl (C=O) groups is 1. The van der Waals surface area contributed by atoms with Crippen molar-refractivity contribution in [3.05, 3.63) is 66.0 Å². The molecule has 1 aromatic heterocycles. The third-order valence-corrected chi connectivity index (χ3v) is 4.91. The van der Waals surface area contributed by atoms with Crippen molar-refractivity contribution in [3.63, 3.8) is 0 Å². The van der Waals surface area contributed by atoms with Crippen molar-refractivity contribution in [1.29, 1.82) is 0 Å². The van der Waals surface area contributed by atoms with E-state index in [1.807, 2.05) is 61.5 Å². The number of thioether (sulfide) groups is 1. The van der Waals surface area contributed by atoms with Gasteiger partial charge in [-0.2, -0.15) is 4.68 Å². The van der Waals surface area contributed by atoms with E-state index in [9.17, 15) is 4.79 Å². The van der Waals surface area contributed by atoms with Gasteiger partial charge in [0.1, 0.15) is 5.75 Å². The van der Waals surface area contributed by atoms with E-state index < -0.39 is 0 Å². The second-order valence-electron chi connectivity index (χ2n) is 5.87. The minimum atomic E-state index is -0.135. The first-order valence-corrected chi connectivity index (χ1v) is 9.67. The summed E-state index contributed by atoms with van der Waals surface area (Å²) < 4.78 is 7.03. The average Bonchev–Trinajstić information content (AvgIpc) is 3.17. The molecule has 0 fully saturated rings. The van der Waals surface area contributed by atoms with Gasteiger partial charge in [0.05, 0.1) is 30.3 Å². The van der Waals surface area contributed by atoms with Gasteiger partial charge in [-0.15, -0.1) is 16.9 Å². The van der Waals surface area contributed by atoms with Crippen LogP contribution in [0.2, 0.25) is 0 Å². The number of carbonyl (C=O) groups excluding carboxylic acids is 1. The topological polar surface area (TPSA) is 81.9 Å². The van der Waals surface area contributed by atoms with E-state index in [0.29, 0.717) is 17.3 Å².